The zero-order valence-corrected chi connectivity index (χ0v) is 11.3. The largest absolute Gasteiger partial charge is 0.336 e. The minimum Gasteiger partial charge on any atom is -0.336 e. The van der Waals surface area contributed by atoms with Crippen molar-refractivity contribution in [2.24, 2.45) is 5.92 Å². The fourth-order valence-electron chi connectivity index (χ4n) is 2.45. The fourth-order valence-corrected chi connectivity index (χ4v) is 2.45. The van der Waals surface area contributed by atoms with Gasteiger partial charge in [0.15, 0.2) is 0 Å². The van der Waals surface area contributed by atoms with Crippen LogP contribution in [0.15, 0.2) is 0 Å². The van der Waals surface area contributed by atoms with E-state index in [1.54, 1.807) is 0 Å². The first-order valence-corrected chi connectivity index (χ1v) is 6.37. The van der Waals surface area contributed by atoms with Gasteiger partial charge in [0, 0.05) is 12.1 Å². The van der Waals surface area contributed by atoms with Crippen molar-refractivity contribution in [3.8, 4) is 0 Å². The van der Waals surface area contributed by atoms with Gasteiger partial charge in [-0.2, -0.15) is 0 Å². The van der Waals surface area contributed by atoms with Gasteiger partial charge in [-0.3, -0.25) is 4.79 Å². The maximum absolute atomic E-state index is 12.4. The van der Waals surface area contributed by atoms with Gasteiger partial charge in [-0.1, -0.05) is 13.8 Å². The molecule has 1 saturated heterocycles. The number of nitrogens with zero attached hydrogens (tertiary/aromatic N) is 1. The SMILES string of the molecule is CNC1CCCC(C)(C)N(CC(C)C)C1=O. The van der Waals surface area contributed by atoms with Crippen LogP contribution in [0.4, 0.5) is 0 Å². The van der Waals surface area contributed by atoms with Crippen LogP contribution in [0.1, 0.15) is 47.0 Å². The molecule has 1 N–H and O–H groups in total. The number of likely N-dealkylation sites (tertiary alicyclic amines) is 1. The smallest absolute Gasteiger partial charge is 0.240 e. The average Bonchev–Trinajstić information content (AvgIpc) is 2.28. The summed E-state index contributed by atoms with van der Waals surface area (Å²) < 4.78 is 0. The van der Waals surface area contributed by atoms with E-state index in [0.29, 0.717) is 5.92 Å². The molecule has 16 heavy (non-hydrogen) atoms. The molecule has 1 atom stereocenters. The van der Waals surface area contributed by atoms with Gasteiger partial charge in [0.1, 0.15) is 0 Å². The van der Waals surface area contributed by atoms with E-state index < -0.39 is 0 Å². The molecular weight excluding hydrogens is 200 g/mol. The van der Waals surface area contributed by atoms with Gasteiger partial charge in [0.2, 0.25) is 5.91 Å². The first-order chi connectivity index (χ1) is 7.38. The molecule has 0 aromatic carbocycles. The van der Waals surface area contributed by atoms with Crippen LogP contribution in [0, 0.1) is 5.92 Å². The van der Waals surface area contributed by atoms with Crippen LogP contribution < -0.4 is 5.32 Å². The molecular formula is C13H26N2O. The maximum Gasteiger partial charge on any atom is 0.240 e. The lowest BCUT2D eigenvalue weighted by atomic mass is 9.96. The van der Waals surface area contributed by atoms with Crippen LogP contribution in [0.2, 0.25) is 0 Å². The third kappa shape index (κ3) is 2.97. The Hall–Kier alpha value is -0.570. The zero-order chi connectivity index (χ0) is 12.3. The van der Waals surface area contributed by atoms with Gasteiger partial charge in [-0.05, 0) is 46.1 Å². The van der Waals surface area contributed by atoms with Crippen molar-refractivity contribution in [2.75, 3.05) is 13.6 Å². The molecule has 0 aliphatic carbocycles. The number of amides is 1. The second kappa shape index (κ2) is 5.17. The molecule has 3 nitrogen and oxygen atoms in total. The van der Waals surface area contributed by atoms with Gasteiger partial charge >= 0.3 is 0 Å². The van der Waals surface area contributed by atoms with E-state index in [9.17, 15) is 4.79 Å². The van der Waals surface area contributed by atoms with E-state index in [1.807, 2.05) is 7.05 Å². The summed E-state index contributed by atoms with van der Waals surface area (Å²) in [7, 11) is 1.88. The van der Waals surface area contributed by atoms with Gasteiger partial charge in [0.05, 0.1) is 6.04 Å². The molecule has 0 aromatic rings. The Morgan fingerprint density at radius 3 is 2.62 bits per heavy atom. The number of hydrogen-bond acceptors (Lipinski definition) is 2. The zero-order valence-electron chi connectivity index (χ0n) is 11.3. The van der Waals surface area contributed by atoms with E-state index in [2.05, 4.69) is 37.9 Å². The second-order valence-corrected chi connectivity index (χ2v) is 5.89. The molecule has 1 fully saturated rings. The molecule has 3 heteroatoms. The van der Waals surface area contributed by atoms with E-state index in [-0.39, 0.29) is 17.5 Å². The number of nitrogens with one attached hydrogen (secondary N) is 1. The molecule has 0 saturated carbocycles. The predicted molar refractivity (Wildman–Crippen MR) is 67.3 cm³/mol. The molecule has 0 spiro atoms. The Morgan fingerprint density at radius 1 is 1.50 bits per heavy atom. The minimum absolute atomic E-state index is 0.00690. The summed E-state index contributed by atoms with van der Waals surface area (Å²) in [6.45, 7) is 9.58. The van der Waals surface area contributed by atoms with Crippen LogP contribution in [0.25, 0.3) is 0 Å². The van der Waals surface area contributed by atoms with Gasteiger partial charge in [0.25, 0.3) is 0 Å². The van der Waals surface area contributed by atoms with Crippen molar-refractivity contribution >= 4 is 5.91 Å². The van der Waals surface area contributed by atoms with Crippen molar-refractivity contribution < 1.29 is 4.79 Å². The van der Waals surface area contributed by atoms with Crippen LogP contribution in [0.5, 0.6) is 0 Å². The first-order valence-electron chi connectivity index (χ1n) is 6.37. The summed E-state index contributed by atoms with van der Waals surface area (Å²) in [5.41, 5.74) is 0.00690. The number of carbonyl (C=O) groups is 1. The highest BCUT2D eigenvalue weighted by molar-refractivity contribution is 5.82. The highest BCUT2D eigenvalue weighted by Gasteiger charge is 2.37. The van der Waals surface area contributed by atoms with Crippen LogP contribution in [0.3, 0.4) is 0 Å². The van der Waals surface area contributed by atoms with Crippen molar-refractivity contribution in [2.45, 2.75) is 58.5 Å². The predicted octanol–water partition coefficient (Wildman–Crippen LogP) is 2.02. The van der Waals surface area contributed by atoms with Crippen LogP contribution >= 0.6 is 0 Å². The molecule has 1 amide bonds. The normalized spacial score (nSPS) is 26.0. The lowest BCUT2D eigenvalue weighted by Gasteiger charge is -2.39. The Balaban J connectivity index is 2.88. The van der Waals surface area contributed by atoms with Gasteiger partial charge in [-0.15, -0.1) is 0 Å². The van der Waals surface area contributed by atoms with Gasteiger partial charge in [-0.25, -0.2) is 0 Å². The third-order valence-electron chi connectivity index (χ3n) is 3.47. The molecule has 0 bridgehead atoms. The Morgan fingerprint density at radius 2 is 2.12 bits per heavy atom. The molecule has 0 radical (unpaired) electrons. The summed E-state index contributed by atoms with van der Waals surface area (Å²) in [5.74, 6) is 0.803. The Labute approximate surface area is 99.6 Å². The molecule has 1 heterocycles. The highest BCUT2D eigenvalue weighted by Crippen LogP contribution is 2.28. The van der Waals surface area contributed by atoms with E-state index in [0.717, 1.165) is 25.8 Å². The third-order valence-corrected chi connectivity index (χ3v) is 3.47. The van der Waals surface area contributed by atoms with E-state index >= 15 is 0 Å². The van der Waals surface area contributed by atoms with Crippen molar-refractivity contribution in [1.29, 1.82) is 0 Å². The summed E-state index contributed by atoms with van der Waals surface area (Å²) in [6, 6.07) is 0.0144. The first kappa shape index (κ1) is 13.5. The summed E-state index contributed by atoms with van der Waals surface area (Å²) >= 11 is 0. The van der Waals surface area contributed by atoms with Crippen LogP contribution in [-0.2, 0) is 4.79 Å². The van der Waals surface area contributed by atoms with Crippen molar-refractivity contribution in [3.63, 3.8) is 0 Å². The molecule has 1 rings (SSSR count). The van der Waals surface area contributed by atoms with Crippen molar-refractivity contribution in [3.05, 3.63) is 0 Å². The summed E-state index contributed by atoms with van der Waals surface area (Å²) in [5, 5.41) is 3.14. The van der Waals surface area contributed by atoms with E-state index in [4.69, 9.17) is 0 Å². The standard InChI is InChI=1S/C13H26N2O/c1-10(2)9-15-12(16)11(14-5)7-6-8-13(15,3)4/h10-11,14H,6-9H2,1-5H3. The number of carbonyl (C=O) groups excluding carboxylic acids is 1. The van der Waals surface area contributed by atoms with Crippen molar-refractivity contribution in [1.82, 2.24) is 10.2 Å². The fraction of sp³-hybridized carbons (Fsp3) is 0.923. The lowest BCUT2D eigenvalue weighted by Crippen LogP contribution is -2.53. The number of hydrogen-bond donors (Lipinski definition) is 1. The lowest BCUT2D eigenvalue weighted by molar-refractivity contribution is -0.138. The van der Waals surface area contributed by atoms with Crippen LogP contribution in [-0.4, -0.2) is 36.0 Å². The van der Waals surface area contributed by atoms with E-state index in [1.165, 1.54) is 0 Å². The second-order valence-electron chi connectivity index (χ2n) is 5.89. The molecule has 1 unspecified atom stereocenters. The molecule has 1 aliphatic rings. The summed E-state index contributed by atoms with van der Waals surface area (Å²) in [4.78, 5) is 14.5. The molecule has 94 valence electrons. The Bertz CT molecular complexity index is 248. The summed E-state index contributed by atoms with van der Waals surface area (Å²) in [6.07, 6.45) is 3.19. The molecule has 1 aliphatic heterocycles. The quantitative estimate of drug-likeness (QED) is 0.798. The topological polar surface area (TPSA) is 32.3 Å². The highest BCUT2D eigenvalue weighted by atomic mass is 16.2. The average molecular weight is 226 g/mol. The Kier molecular flexibility index (Phi) is 4.36. The van der Waals surface area contributed by atoms with Gasteiger partial charge < -0.3 is 10.2 Å². The maximum atomic E-state index is 12.4. The number of likely N-dealkylation sites (N-methyl/N-ethyl adjacent to an activating group) is 1. The minimum atomic E-state index is 0.00690. The number of rotatable bonds is 3. The monoisotopic (exact) mass is 226 g/mol. The molecule has 0 aromatic heterocycles.